The van der Waals surface area contributed by atoms with Crippen LogP contribution in [0.5, 0.6) is 5.75 Å². The molecule has 0 N–H and O–H groups in total. The van der Waals surface area contributed by atoms with Crippen LogP contribution in [0.25, 0.3) is 0 Å². The largest absolute Gasteiger partial charge is 0.497 e. The van der Waals surface area contributed by atoms with Crippen molar-refractivity contribution in [1.29, 1.82) is 0 Å². The monoisotopic (exact) mass is 434 g/mol. The lowest BCUT2D eigenvalue weighted by atomic mass is 10.1. The van der Waals surface area contributed by atoms with Crippen molar-refractivity contribution < 1.29 is 19.1 Å². The molecule has 0 radical (unpaired) electrons. The molecule has 0 saturated carbocycles. The molecule has 158 valence electrons. The van der Waals surface area contributed by atoms with Gasteiger partial charge in [-0.3, -0.25) is 14.4 Å². The summed E-state index contributed by atoms with van der Waals surface area (Å²) in [5.74, 6) is -0.350. The topological polar surface area (TPSA) is 66.9 Å². The molecule has 2 aromatic carbocycles. The molecule has 0 aliphatic carbocycles. The molecule has 2 heterocycles. The minimum Gasteiger partial charge on any atom is -0.497 e. The van der Waals surface area contributed by atoms with E-state index in [4.69, 9.17) is 4.74 Å². The van der Waals surface area contributed by atoms with E-state index in [0.29, 0.717) is 17.0 Å². The van der Waals surface area contributed by atoms with Crippen LogP contribution < -0.4 is 9.64 Å². The Labute approximate surface area is 184 Å². The molecule has 1 atom stereocenters. The Bertz CT molecular complexity index is 1090. The summed E-state index contributed by atoms with van der Waals surface area (Å²) in [6, 6.07) is 16.9. The van der Waals surface area contributed by atoms with E-state index in [2.05, 4.69) is 0 Å². The van der Waals surface area contributed by atoms with Crippen molar-refractivity contribution in [2.24, 2.45) is 0 Å². The molecule has 1 aliphatic heterocycles. The Morgan fingerprint density at radius 3 is 2.42 bits per heavy atom. The highest BCUT2D eigenvalue weighted by molar-refractivity contribution is 7.09. The van der Waals surface area contributed by atoms with Gasteiger partial charge in [-0.15, -0.1) is 11.3 Å². The number of methoxy groups -OCH3 is 1. The number of aryl methyl sites for hydroxylation is 1. The van der Waals surface area contributed by atoms with Gasteiger partial charge in [0.1, 0.15) is 11.8 Å². The van der Waals surface area contributed by atoms with Gasteiger partial charge in [0.2, 0.25) is 5.91 Å². The molecule has 1 unspecified atom stereocenters. The van der Waals surface area contributed by atoms with E-state index in [0.717, 1.165) is 10.4 Å². The van der Waals surface area contributed by atoms with Crippen molar-refractivity contribution in [1.82, 2.24) is 4.90 Å². The summed E-state index contributed by atoms with van der Waals surface area (Å²) in [6.07, 6.45) is -0.0417. The third-order valence-corrected chi connectivity index (χ3v) is 6.16. The second kappa shape index (κ2) is 8.73. The number of ether oxygens (including phenoxy) is 1. The molecule has 6 nitrogen and oxygen atoms in total. The number of carbonyl (C=O) groups excluding carboxylic acids is 3. The number of amides is 3. The maximum atomic E-state index is 13.4. The predicted molar refractivity (Wildman–Crippen MR) is 119 cm³/mol. The quantitative estimate of drug-likeness (QED) is 0.549. The normalized spacial score (nSPS) is 15.9. The van der Waals surface area contributed by atoms with Crippen molar-refractivity contribution in [3.63, 3.8) is 0 Å². The summed E-state index contributed by atoms with van der Waals surface area (Å²) >= 11 is 1.51. The molecule has 3 amide bonds. The Balaban J connectivity index is 1.66. The number of nitrogens with zero attached hydrogens (tertiary/aromatic N) is 2. The number of rotatable bonds is 6. The van der Waals surface area contributed by atoms with E-state index in [-0.39, 0.29) is 30.7 Å². The van der Waals surface area contributed by atoms with Crippen LogP contribution in [0.15, 0.2) is 66.0 Å². The minimum atomic E-state index is -0.856. The summed E-state index contributed by atoms with van der Waals surface area (Å²) < 4.78 is 5.17. The van der Waals surface area contributed by atoms with Gasteiger partial charge in [0.25, 0.3) is 11.8 Å². The Kier molecular flexibility index (Phi) is 5.86. The van der Waals surface area contributed by atoms with Gasteiger partial charge in [0.05, 0.1) is 25.8 Å². The van der Waals surface area contributed by atoms with Gasteiger partial charge >= 0.3 is 0 Å². The van der Waals surface area contributed by atoms with Gasteiger partial charge in [0.15, 0.2) is 0 Å². The van der Waals surface area contributed by atoms with Crippen LogP contribution in [0.4, 0.5) is 5.69 Å². The molecule has 31 heavy (non-hydrogen) atoms. The summed E-state index contributed by atoms with van der Waals surface area (Å²) in [5.41, 5.74) is 2.00. The number of thiophene rings is 1. The molecular formula is C24H22N2O4S. The van der Waals surface area contributed by atoms with Crippen LogP contribution in [0, 0.1) is 6.92 Å². The van der Waals surface area contributed by atoms with Crippen molar-refractivity contribution in [3.8, 4) is 5.75 Å². The molecule has 0 spiro atoms. The van der Waals surface area contributed by atoms with Crippen LogP contribution in [-0.2, 0) is 16.1 Å². The van der Waals surface area contributed by atoms with E-state index in [1.165, 1.54) is 21.1 Å². The third-order valence-electron chi connectivity index (χ3n) is 5.30. The fraction of sp³-hybridized carbons (Fsp3) is 0.208. The molecule has 1 saturated heterocycles. The molecule has 1 fully saturated rings. The maximum absolute atomic E-state index is 13.4. The Hall–Kier alpha value is -3.45. The van der Waals surface area contributed by atoms with Crippen molar-refractivity contribution in [2.45, 2.75) is 25.9 Å². The zero-order valence-corrected chi connectivity index (χ0v) is 18.1. The van der Waals surface area contributed by atoms with Crippen molar-refractivity contribution in [3.05, 3.63) is 82.0 Å². The van der Waals surface area contributed by atoms with Crippen molar-refractivity contribution >= 4 is 34.7 Å². The van der Waals surface area contributed by atoms with E-state index < -0.39 is 6.04 Å². The smallest absolute Gasteiger partial charge is 0.257 e. The summed E-state index contributed by atoms with van der Waals surface area (Å²) in [6.45, 7) is 2.20. The zero-order valence-electron chi connectivity index (χ0n) is 17.3. The van der Waals surface area contributed by atoms with Crippen LogP contribution in [0.2, 0.25) is 0 Å². The first-order chi connectivity index (χ1) is 15.0. The number of hydrogen-bond acceptors (Lipinski definition) is 5. The third kappa shape index (κ3) is 4.22. The first-order valence-corrected chi connectivity index (χ1v) is 10.8. The van der Waals surface area contributed by atoms with Crippen molar-refractivity contribution in [2.75, 3.05) is 12.0 Å². The number of carbonyl (C=O) groups is 3. The van der Waals surface area contributed by atoms with E-state index >= 15 is 0 Å². The average molecular weight is 435 g/mol. The number of hydrogen-bond donors (Lipinski definition) is 0. The molecule has 7 heteroatoms. The predicted octanol–water partition coefficient (Wildman–Crippen LogP) is 4.04. The summed E-state index contributed by atoms with van der Waals surface area (Å²) in [5, 5.41) is 1.92. The first kappa shape index (κ1) is 20.8. The van der Waals surface area contributed by atoms with E-state index in [9.17, 15) is 14.4 Å². The highest BCUT2D eigenvalue weighted by Gasteiger charge is 2.44. The maximum Gasteiger partial charge on any atom is 0.257 e. The molecule has 0 bridgehead atoms. The average Bonchev–Trinajstić information content (AvgIpc) is 3.40. The van der Waals surface area contributed by atoms with E-state index in [1.807, 2.05) is 36.6 Å². The van der Waals surface area contributed by atoms with Crippen LogP contribution >= 0.6 is 11.3 Å². The highest BCUT2D eigenvalue weighted by Crippen LogP contribution is 2.29. The van der Waals surface area contributed by atoms with Gasteiger partial charge < -0.3 is 9.64 Å². The zero-order chi connectivity index (χ0) is 22.0. The molecule has 1 aliphatic rings. The lowest BCUT2D eigenvalue weighted by Crippen LogP contribution is -2.45. The van der Waals surface area contributed by atoms with Crippen LogP contribution in [-0.4, -0.2) is 35.8 Å². The number of benzene rings is 2. The lowest BCUT2D eigenvalue weighted by Gasteiger charge is -2.27. The Morgan fingerprint density at radius 2 is 1.81 bits per heavy atom. The minimum absolute atomic E-state index is 0.0417. The Morgan fingerprint density at radius 1 is 1.10 bits per heavy atom. The highest BCUT2D eigenvalue weighted by atomic mass is 32.1. The number of anilines is 1. The fourth-order valence-corrected chi connectivity index (χ4v) is 4.32. The SMILES string of the molecule is COc1ccc(C(=O)N(Cc2cccs2)C2CC(=O)N(c3ccc(C)cc3)C2=O)cc1. The number of imide groups is 1. The second-order valence-electron chi connectivity index (χ2n) is 7.36. The van der Waals surface area contributed by atoms with Gasteiger partial charge in [-0.2, -0.15) is 0 Å². The molecule has 4 rings (SSSR count). The molecular weight excluding hydrogens is 412 g/mol. The van der Waals surface area contributed by atoms with Crippen LogP contribution in [0.1, 0.15) is 27.2 Å². The van der Waals surface area contributed by atoms with Crippen LogP contribution in [0.3, 0.4) is 0 Å². The van der Waals surface area contributed by atoms with Gasteiger partial charge in [-0.1, -0.05) is 23.8 Å². The standard InChI is InChI=1S/C24H22N2O4S/c1-16-5-9-18(10-6-16)26-22(27)14-21(24(26)29)25(15-20-4-3-13-31-20)23(28)17-7-11-19(30-2)12-8-17/h3-13,21H,14-15H2,1-2H3. The van der Waals surface area contributed by atoms with Gasteiger partial charge in [-0.25, -0.2) is 4.90 Å². The summed E-state index contributed by atoms with van der Waals surface area (Å²) in [7, 11) is 1.56. The molecule has 3 aromatic rings. The fourth-order valence-electron chi connectivity index (χ4n) is 3.62. The first-order valence-electron chi connectivity index (χ1n) is 9.89. The second-order valence-corrected chi connectivity index (χ2v) is 8.40. The lowest BCUT2D eigenvalue weighted by molar-refractivity contribution is -0.122. The summed E-state index contributed by atoms with van der Waals surface area (Å²) in [4.78, 5) is 43.1. The molecule has 1 aromatic heterocycles. The van der Waals surface area contributed by atoms with Gasteiger partial charge in [0, 0.05) is 10.4 Å². The van der Waals surface area contributed by atoms with E-state index in [1.54, 1.807) is 43.5 Å². The van der Waals surface area contributed by atoms with Gasteiger partial charge in [-0.05, 0) is 54.8 Å².